The van der Waals surface area contributed by atoms with Gasteiger partial charge in [0, 0.05) is 12.7 Å². The number of aliphatic hydroxyl groups excluding tert-OH is 1. The first-order chi connectivity index (χ1) is 9.81. The molecule has 1 aromatic carbocycles. The normalized spacial score (nSPS) is 17.9. The Bertz CT molecular complexity index is 391. The number of thioether (sulfide) groups is 1. The topological polar surface area (TPSA) is 38.7 Å². The van der Waals surface area contributed by atoms with E-state index >= 15 is 0 Å². The number of aliphatic hydroxyl groups is 1. The first-order valence-electron chi connectivity index (χ1n) is 7.27. The summed E-state index contributed by atoms with van der Waals surface area (Å²) in [5.41, 5.74) is 0.904. The van der Waals surface area contributed by atoms with E-state index in [-0.39, 0.29) is 0 Å². The zero-order valence-electron chi connectivity index (χ0n) is 12.1. The average molecular weight is 296 g/mol. The number of rotatable bonds is 7. The van der Waals surface area contributed by atoms with Gasteiger partial charge in [0.25, 0.3) is 0 Å². The third kappa shape index (κ3) is 4.69. The molecule has 0 bridgehead atoms. The Hall–Kier alpha value is -0.710. The molecule has 1 N–H and O–H groups in total. The fraction of sp³-hybridized carbons (Fsp3) is 0.625. The Kier molecular flexibility index (Phi) is 6.70. The number of para-hydroxylation sites is 1. The molecule has 0 amide bonds. The molecule has 1 aliphatic rings. The molecule has 1 fully saturated rings. The molecule has 1 unspecified atom stereocenters. The highest BCUT2D eigenvalue weighted by Crippen LogP contribution is 2.34. The van der Waals surface area contributed by atoms with Crippen LogP contribution in [0.5, 0.6) is 5.75 Å². The lowest BCUT2D eigenvalue weighted by molar-refractivity contribution is 0.126. The van der Waals surface area contributed by atoms with Crippen LogP contribution in [0, 0.1) is 5.92 Å². The van der Waals surface area contributed by atoms with Gasteiger partial charge in [0.05, 0.1) is 12.7 Å². The number of ether oxygens (including phenoxy) is 2. The van der Waals surface area contributed by atoms with Crippen molar-refractivity contribution in [2.45, 2.75) is 25.4 Å². The van der Waals surface area contributed by atoms with Gasteiger partial charge in [-0.15, -0.1) is 0 Å². The standard InChI is InChI=1S/C16H24O3S/c1-18-8-9-19-16-5-3-2-4-14(16)15(17)12-13-6-10-20-11-7-13/h2-5,13,15,17H,6-12H2,1H3. The summed E-state index contributed by atoms with van der Waals surface area (Å²) in [6.07, 6.45) is 2.84. The molecule has 3 nitrogen and oxygen atoms in total. The molecule has 0 saturated carbocycles. The van der Waals surface area contributed by atoms with Crippen LogP contribution in [0.4, 0.5) is 0 Å². The molecule has 1 aromatic rings. The Balaban J connectivity index is 1.95. The molecule has 4 heteroatoms. The second-order valence-corrected chi connectivity index (χ2v) is 6.41. The summed E-state index contributed by atoms with van der Waals surface area (Å²) in [5, 5.41) is 10.5. The zero-order chi connectivity index (χ0) is 14.2. The quantitative estimate of drug-likeness (QED) is 0.784. The van der Waals surface area contributed by atoms with Crippen molar-refractivity contribution >= 4 is 11.8 Å². The SMILES string of the molecule is COCCOc1ccccc1C(O)CC1CCSCC1. The number of hydrogen-bond acceptors (Lipinski definition) is 4. The van der Waals surface area contributed by atoms with Gasteiger partial charge in [-0.05, 0) is 42.8 Å². The fourth-order valence-electron chi connectivity index (χ4n) is 2.55. The minimum Gasteiger partial charge on any atom is -0.491 e. The van der Waals surface area contributed by atoms with Gasteiger partial charge in [-0.1, -0.05) is 18.2 Å². The van der Waals surface area contributed by atoms with Crippen molar-refractivity contribution in [1.29, 1.82) is 0 Å². The molecule has 1 atom stereocenters. The summed E-state index contributed by atoms with van der Waals surface area (Å²) in [4.78, 5) is 0. The van der Waals surface area contributed by atoms with Crippen LogP contribution in [0.3, 0.4) is 0 Å². The van der Waals surface area contributed by atoms with Crippen LogP contribution in [0.2, 0.25) is 0 Å². The van der Waals surface area contributed by atoms with E-state index in [0.29, 0.717) is 19.1 Å². The van der Waals surface area contributed by atoms with E-state index in [1.807, 2.05) is 36.0 Å². The van der Waals surface area contributed by atoms with Crippen molar-refractivity contribution in [3.05, 3.63) is 29.8 Å². The van der Waals surface area contributed by atoms with Crippen LogP contribution in [0.15, 0.2) is 24.3 Å². The van der Waals surface area contributed by atoms with Crippen molar-refractivity contribution in [2.75, 3.05) is 31.8 Å². The van der Waals surface area contributed by atoms with Gasteiger partial charge in [-0.2, -0.15) is 11.8 Å². The lowest BCUT2D eigenvalue weighted by Gasteiger charge is -2.24. The monoisotopic (exact) mass is 296 g/mol. The van der Waals surface area contributed by atoms with Gasteiger partial charge in [0.1, 0.15) is 12.4 Å². The van der Waals surface area contributed by atoms with Gasteiger partial charge in [-0.25, -0.2) is 0 Å². The van der Waals surface area contributed by atoms with E-state index < -0.39 is 6.10 Å². The Morgan fingerprint density at radius 1 is 1.25 bits per heavy atom. The maximum Gasteiger partial charge on any atom is 0.125 e. The summed E-state index contributed by atoms with van der Waals surface area (Å²) in [7, 11) is 1.66. The van der Waals surface area contributed by atoms with Crippen LogP contribution < -0.4 is 4.74 Å². The van der Waals surface area contributed by atoms with Gasteiger partial charge in [0.15, 0.2) is 0 Å². The maximum atomic E-state index is 10.5. The van der Waals surface area contributed by atoms with E-state index in [2.05, 4.69) is 0 Å². The fourth-order valence-corrected chi connectivity index (χ4v) is 3.75. The molecular weight excluding hydrogens is 272 g/mol. The third-order valence-corrected chi connectivity index (χ3v) is 4.77. The van der Waals surface area contributed by atoms with Crippen LogP contribution in [-0.2, 0) is 4.74 Å². The van der Waals surface area contributed by atoms with E-state index in [0.717, 1.165) is 17.7 Å². The zero-order valence-corrected chi connectivity index (χ0v) is 12.9. The molecule has 1 saturated heterocycles. The first kappa shape index (κ1) is 15.7. The highest BCUT2D eigenvalue weighted by molar-refractivity contribution is 7.99. The van der Waals surface area contributed by atoms with Crippen LogP contribution >= 0.6 is 11.8 Å². The van der Waals surface area contributed by atoms with Gasteiger partial charge in [0.2, 0.25) is 0 Å². The molecule has 2 rings (SSSR count). The van der Waals surface area contributed by atoms with Gasteiger partial charge >= 0.3 is 0 Å². The van der Waals surface area contributed by atoms with Crippen molar-refractivity contribution in [3.8, 4) is 5.75 Å². The highest BCUT2D eigenvalue weighted by Gasteiger charge is 2.20. The average Bonchev–Trinajstić information content (AvgIpc) is 2.49. The molecule has 0 spiro atoms. The summed E-state index contributed by atoms with van der Waals surface area (Å²) < 4.78 is 10.7. The second-order valence-electron chi connectivity index (χ2n) is 5.19. The van der Waals surface area contributed by atoms with Crippen LogP contribution in [-0.4, -0.2) is 36.9 Å². The molecule has 112 valence electrons. The Morgan fingerprint density at radius 2 is 2.00 bits per heavy atom. The summed E-state index contributed by atoms with van der Waals surface area (Å²) in [6, 6.07) is 7.78. The third-order valence-electron chi connectivity index (χ3n) is 3.72. The second kappa shape index (κ2) is 8.55. The number of methoxy groups -OCH3 is 1. The van der Waals surface area contributed by atoms with Gasteiger partial charge in [-0.3, -0.25) is 0 Å². The predicted octanol–water partition coefficient (Wildman–Crippen LogP) is 3.28. The molecule has 20 heavy (non-hydrogen) atoms. The predicted molar refractivity (Wildman–Crippen MR) is 83.4 cm³/mol. The molecule has 0 aliphatic carbocycles. The Labute approximate surface area is 125 Å². The van der Waals surface area contributed by atoms with Crippen LogP contribution in [0.25, 0.3) is 0 Å². The smallest absolute Gasteiger partial charge is 0.125 e. The van der Waals surface area contributed by atoms with Crippen molar-refractivity contribution in [1.82, 2.24) is 0 Å². The van der Waals surface area contributed by atoms with Crippen molar-refractivity contribution in [3.63, 3.8) is 0 Å². The van der Waals surface area contributed by atoms with E-state index in [4.69, 9.17) is 9.47 Å². The number of benzene rings is 1. The molecule has 1 aliphatic heterocycles. The summed E-state index contributed by atoms with van der Waals surface area (Å²) in [6.45, 7) is 1.07. The van der Waals surface area contributed by atoms with E-state index in [1.165, 1.54) is 24.3 Å². The first-order valence-corrected chi connectivity index (χ1v) is 8.43. The molecule has 0 aromatic heterocycles. The lowest BCUT2D eigenvalue weighted by Crippen LogP contribution is -2.14. The van der Waals surface area contributed by atoms with E-state index in [9.17, 15) is 5.11 Å². The van der Waals surface area contributed by atoms with Gasteiger partial charge < -0.3 is 14.6 Å². The van der Waals surface area contributed by atoms with Crippen LogP contribution in [0.1, 0.15) is 30.9 Å². The molecule has 0 radical (unpaired) electrons. The van der Waals surface area contributed by atoms with Crippen molar-refractivity contribution < 1.29 is 14.6 Å². The summed E-state index contributed by atoms with van der Waals surface area (Å²) in [5.74, 6) is 3.87. The maximum absolute atomic E-state index is 10.5. The summed E-state index contributed by atoms with van der Waals surface area (Å²) >= 11 is 2.02. The lowest BCUT2D eigenvalue weighted by atomic mass is 9.92. The Morgan fingerprint density at radius 3 is 2.75 bits per heavy atom. The molecule has 1 heterocycles. The highest BCUT2D eigenvalue weighted by atomic mass is 32.2. The number of hydrogen-bond donors (Lipinski definition) is 1. The minimum absolute atomic E-state index is 0.429. The largest absolute Gasteiger partial charge is 0.491 e. The minimum atomic E-state index is -0.429. The molecular formula is C16H24O3S. The van der Waals surface area contributed by atoms with E-state index in [1.54, 1.807) is 7.11 Å². The van der Waals surface area contributed by atoms with Crippen molar-refractivity contribution in [2.24, 2.45) is 5.92 Å².